The van der Waals surface area contributed by atoms with Crippen LogP contribution in [-0.4, -0.2) is 25.0 Å². The van der Waals surface area contributed by atoms with Gasteiger partial charge in [0.1, 0.15) is 6.54 Å². The summed E-state index contributed by atoms with van der Waals surface area (Å²) < 4.78 is 4.79. The average Bonchev–Trinajstić information content (AvgIpc) is 2.87. The monoisotopic (exact) mass is 295 g/mol. The fourth-order valence-electron chi connectivity index (χ4n) is 2.51. The molecule has 1 aliphatic carbocycles. The Morgan fingerprint density at radius 3 is 2.95 bits per heavy atom. The summed E-state index contributed by atoms with van der Waals surface area (Å²) in [6.45, 7) is 4.24. The van der Waals surface area contributed by atoms with Crippen LogP contribution in [0.5, 0.6) is 0 Å². The molecule has 20 heavy (non-hydrogen) atoms. The van der Waals surface area contributed by atoms with Crippen LogP contribution in [0.2, 0.25) is 0 Å². The van der Waals surface area contributed by atoms with Crippen LogP contribution in [0.15, 0.2) is 6.07 Å². The molecule has 1 N–H and O–H groups in total. The fourth-order valence-corrected chi connectivity index (χ4v) is 3.64. The number of esters is 1. The van der Waals surface area contributed by atoms with Gasteiger partial charge in [0.25, 0.3) is 5.91 Å². The van der Waals surface area contributed by atoms with E-state index in [1.165, 1.54) is 23.3 Å². The van der Waals surface area contributed by atoms with Gasteiger partial charge in [-0.2, -0.15) is 0 Å². The third kappa shape index (κ3) is 3.60. The first-order chi connectivity index (χ1) is 9.63. The lowest BCUT2D eigenvalue weighted by Crippen LogP contribution is -2.30. The molecule has 0 aromatic carbocycles. The number of carbonyl (C=O) groups excluding carboxylic acids is 2. The number of aryl methyl sites for hydroxylation is 1. The van der Waals surface area contributed by atoms with Gasteiger partial charge in [-0.25, -0.2) is 0 Å². The van der Waals surface area contributed by atoms with Crippen LogP contribution in [0.1, 0.15) is 46.8 Å². The molecule has 1 amide bonds. The molecular formula is C15H21NO3S. The summed E-state index contributed by atoms with van der Waals surface area (Å²) in [6.07, 6.45) is 4.56. The van der Waals surface area contributed by atoms with Gasteiger partial charge in [0.05, 0.1) is 11.5 Å². The minimum atomic E-state index is -0.395. The van der Waals surface area contributed by atoms with E-state index in [2.05, 4.69) is 12.2 Å². The van der Waals surface area contributed by atoms with E-state index >= 15 is 0 Å². The highest BCUT2D eigenvalue weighted by molar-refractivity contribution is 7.14. The van der Waals surface area contributed by atoms with Crippen LogP contribution in [-0.2, 0) is 22.4 Å². The van der Waals surface area contributed by atoms with E-state index in [1.54, 1.807) is 18.3 Å². The molecule has 110 valence electrons. The third-order valence-corrected chi connectivity index (χ3v) is 4.92. The SMILES string of the molecule is CCOC(=O)CNC(=O)c1cc2c(s1)CC[C@@H](CC)C2. The molecule has 0 fully saturated rings. The summed E-state index contributed by atoms with van der Waals surface area (Å²) in [7, 11) is 0. The van der Waals surface area contributed by atoms with Gasteiger partial charge in [-0.3, -0.25) is 9.59 Å². The van der Waals surface area contributed by atoms with Gasteiger partial charge in [-0.1, -0.05) is 13.3 Å². The standard InChI is InChI=1S/C15H21NO3S/c1-3-10-5-6-12-11(7-10)8-13(20-12)15(18)16-9-14(17)19-4-2/h8,10H,3-7,9H2,1-2H3,(H,16,18)/t10-/m1/s1. The topological polar surface area (TPSA) is 55.4 Å². The largest absolute Gasteiger partial charge is 0.465 e. The van der Waals surface area contributed by atoms with Crippen molar-refractivity contribution in [3.8, 4) is 0 Å². The molecule has 0 spiro atoms. The Bertz CT molecular complexity index is 495. The van der Waals surface area contributed by atoms with Crippen LogP contribution >= 0.6 is 11.3 Å². The Morgan fingerprint density at radius 2 is 2.25 bits per heavy atom. The van der Waals surface area contributed by atoms with Crippen molar-refractivity contribution in [2.75, 3.05) is 13.2 Å². The maximum absolute atomic E-state index is 12.0. The van der Waals surface area contributed by atoms with Crippen LogP contribution in [0.3, 0.4) is 0 Å². The summed E-state index contributed by atoms with van der Waals surface area (Å²) in [5.74, 6) is 0.172. The minimum Gasteiger partial charge on any atom is -0.465 e. The molecule has 0 aliphatic heterocycles. The van der Waals surface area contributed by atoms with Gasteiger partial charge >= 0.3 is 5.97 Å². The molecule has 0 radical (unpaired) electrons. The number of fused-ring (bicyclic) bond motifs is 1. The van der Waals surface area contributed by atoms with Crippen molar-refractivity contribution in [1.82, 2.24) is 5.32 Å². The summed E-state index contributed by atoms with van der Waals surface area (Å²) >= 11 is 1.56. The smallest absolute Gasteiger partial charge is 0.325 e. The third-order valence-electron chi connectivity index (χ3n) is 3.68. The molecule has 0 unspecified atom stereocenters. The number of thiophene rings is 1. The van der Waals surface area contributed by atoms with Crippen LogP contribution in [0, 0.1) is 5.92 Å². The molecule has 0 saturated carbocycles. The second-order valence-electron chi connectivity index (χ2n) is 5.06. The predicted octanol–water partition coefficient (Wildman–Crippen LogP) is 2.56. The molecule has 4 nitrogen and oxygen atoms in total. The first kappa shape index (κ1) is 15.0. The van der Waals surface area contributed by atoms with Gasteiger partial charge < -0.3 is 10.1 Å². The molecule has 0 bridgehead atoms. The summed E-state index contributed by atoms with van der Waals surface area (Å²) in [4.78, 5) is 25.3. The highest BCUT2D eigenvalue weighted by Crippen LogP contribution is 2.33. The number of hydrogen-bond acceptors (Lipinski definition) is 4. The van der Waals surface area contributed by atoms with Crippen molar-refractivity contribution in [2.45, 2.75) is 39.5 Å². The molecule has 5 heteroatoms. The first-order valence-electron chi connectivity index (χ1n) is 7.19. The number of hydrogen-bond donors (Lipinski definition) is 1. The molecule has 2 rings (SSSR count). The second kappa shape index (κ2) is 6.88. The van der Waals surface area contributed by atoms with E-state index in [-0.39, 0.29) is 12.5 Å². The fraction of sp³-hybridized carbons (Fsp3) is 0.600. The van der Waals surface area contributed by atoms with Gasteiger partial charge in [0, 0.05) is 4.88 Å². The van der Waals surface area contributed by atoms with Crippen LogP contribution in [0.4, 0.5) is 0 Å². The summed E-state index contributed by atoms with van der Waals surface area (Å²) in [5.41, 5.74) is 1.31. The maximum Gasteiger partial charge on any atom is 0.325 e. The van der Waals surface area contributed by atoms with E-state index in [9.17, 15) is 9.59 Å². The Kier molecular flexibility index (Phi) is 5.17. The normalized spacial score (nSPS) is 17.4. The molecule has 1 atom stereocenters. The van der Waals surface area contributed by atoms with E-state index in [0.29, 0.717) is 11.5 Å². The zero-order chi connectivity index (χ0) is 14.5. The first-order valence-corrected chi connectivity index (χ1v) is 8.01. The molecule has 1 aromatic heterocycles. The molecule has 1 heterocycles. The van der Waals surface area contributed by atoms with Crippen molar-refractivity contribution in [2.24, 2.45) is 5.92 Å². The predicted molar refractivity (Wildman–Crippen MR) is 79.1 cm³/mol. The lowest BCUT2D eigenvalue weighted by Gasteiger charge is -2.19. The van der Waals surface area contributed by atoms with Crippen molar-refractivity contribution in [1.29, 1.82) is 0 Å². The Morgan fingerprint density at radius 1 is 1.45 bits per heavy atom. The quantitative estimate of drug-likeness (QED) is 0.849. The van der Waals surface area contributed by atoms with E-state index < -0.39 is 5.97 Å². The molecule has 1 aromatic rings. The number of ether oxygens (including phenoxy) is 1. The molecular weight excluding hydrogens is 274 g/mol. The van der Waals surface area contributed by atoms with Gasteiger partial charge in [-0.05, 0) is 43.7 Å². The van der Waals surface area contributed by atoms with Crippen molar-refractivity contribution in [3.63, 3.8) is 0 Å². The molecule has 0 saturated heterocycles. The maximum atomic E-state index is 12.0. The lowest BCUT2D eigenvalue weighted by molar-refractivity contribution is -0.141. The Balaban J connectivity index is 1.95. The number of carbonyl (C=O) groups is 2. The van der Waals surface area contributed by atoms with Crippen molar-refractivity contribution in [3.05, 3.63) is 21.4 Å². The van der Waals surface area contributed by atoms with Crippen LogP contribution in [0.25, 0.3) is 0 Å². The van der Waals surface area contributed by atoms with Gasteiger partial charge in [-0.15, -0.1) is 11.3 Å². The molecule has 1 aliphatic rings. The Labute approximate surface area is 123 Å². The van der Waals surface area contributed by atoms with Gasteiger partial charge in [0.2, 0.25) is 0 Å². The Hall–Kier alpha value is -1.36. The summed E-state index contributed by atoms with van der Waals surface area (Å²) in [6, 6.07) is 1.99. The highest BCUT2D eigenvalue weighted by atomic mass is 32.1. The summed E-state index contributed by atoms with van der Waals surface area (Å²) in [5, 5.41) is 2.61. The van der Waals surface area contributed by atoms with Crippen molar-refractivity contribution >= 4 is 23.2 Å². The van der Waals surface area contributed by atoms with Gasteiger partial charge in [0.15, 0.2) is 0 Å². The number of rotatable bonds is 5. The minimum absolute atomic E-state index is 0.0627. The van der Waals surface area contributed by atoms with E-state index in [4.69, 9.17) is 4.74 Å². The van der Waals surface area contributed by atoms with Crippen LogP contribution < -0.4 is 5.32 Å². The lowest BCUT2D eigenvalue weighted by atomic mass is 9.87. The zero-order valence-electron chi connectivity index (χ0n) is 12.0. The average molecular weight is 295 g/mol. The highest BCUT2D eigenvalue weighted by Gasteiger charge is 2.22. The number of nitrogens with one attached hydrogen (secondary N) is 1. The zero-order valence-corrected chi connectivity index (χ0v) is 12.8. The number of amides is 1. The second-order valence-corrected chi connectivity index (χ2v) is 6.20. The van der Waals surface area contributed by atoms with E-state index in [0.717, 1.165) is 18.8 Å². The van der Waals surface area contributed by atoms with Crippen molar-refractivity contribution < 1.29 is 14.3 Å². The van der Waals surface area contributed by atoms with E-state index in [1.807, 2.05) is 6.07 Å².